The van der Waals surface area contributed by atoms with Gasteiger partial charge in [-0.15, -0.1) is 5.10 Å². The second-order valence-corrected chi connectivity index (χ2v) is 3.29. The van der Waals surface area contributed by atoms with Gasteiger partial charge in [-0.05, 0) is 12.8 Å². The largest absolute Gasteiger partial charge is 0.381 e. The Labute approximate surface area is 84.2 Å². The average molecular weight is 198 g/mol. The first kappa shape index (κ1) is 11.1. The number of hydrogen-bond donors (Lipinski definition) is 1. The molecule has 0 amide bonds. The van der Waals surface area contributed by atoms with Crippen molar-refractivity contribution in [3.63, 3.8) is 0 Å². The van der Waals surface area contributed by atoms with Crippen LogP contribution in [0.15, 0.2) is 6.20 Å². The minimum atomic E-state index is -0.0353. The number of nitrogens with zero attached hydrogens (tertiary/aromatic N) is 3. The number of ether oxygens (including phenoxy) is 1. The van der Waals surface area contributed by atoms with E-state index in [4.69, 9.17) is 10.5 Å². The maximum Gasteiger partial charge on any atom is 0.0751 e. The minimum absolute atomic E-state index is 0.0353. The van der Waals surface area contributed by atoms with Gasteiger partial charge in [0.15, 0.2) is 0 Å². The molecule has 1 aromatic rings. The summed E-state index contributed by atoms with van der Waals surface area (Å²) in [5.74, 6) is 0. The molecule has 1 rings (SSSR count). The molecule has 0 aliphatic carbocycles. The molecular formula is C9H18N4O. The van der Waals surface area contributed by atoms with Crippen LogP contribution in [0, 0.1) is 0 Å². The summed E-state index contributed by atoms with van der Waals surface area (Å²) in [7, 11) is 1.84. The van der Waals surface area contributed by atoms with E-state index in [1.807, 2.05) is 7.05 Å². The fourth-order valence-corrected chi connectivity index (χ4v) is 1.24. The van der Waals surface area contributed by atoms with Crippen LogP contribution in [0.4, 0.5) is 0 Å². The highest BCUT2D eigenvalue weighted by molar-refractivity contribution is 5.00. The van der Waals surface area contributed by atoms with Gasteiger partial charge in [0.25, 0.3) is 0 Å². The number of aromatic nitrogens is 3. The lowest BCUT2D eigenvalue weighted by Gasteiger charge is -2.10. The fourth-order valence-electron chi connectivity index (χ4n) is 1.24. The van der Waals surface area contributed by atoms with Crippen LogP contribution in [0.25, 0.3) is 0 Å². The van der Waals surface area contributed by atoms with E-state index in [1.165, 1.54) is 0 Å². The van der Waals surface area contributed by atoms with Gasteiger partial charge in [-0.1, -0.05) is 12.1 Å². The maximum absolute atomic E-state index is 5.94. The Hall–Kier alpha value is -0.940. The quantitative estimate of drug-likeness (QED) is 0.681. The first-order chi connectivity index (χ1) is 6.75. The molecule has 0 fully saturated rings. The van der Waals surface area contributed by atoms with Gasteiger partial charge in [-0.2, -0.15) is 0 Å². The Morgan fingerprint density at radius 1 is 1.57 bits per heavy atom. The number of nitrogens with two attached hydrogens (primary N) is 1. The zero-order chi connectivity index (χ0) is 10.4. The molecule has 5 heteroatoms. The van der Waals surface area contributed by atoms with Crippen molar-refractivity contribution in [2.45, 2.75) is 25.8 Å². The normalized spacial score (nSPS) is 13.1. The van der Waals surface area contributed by atoms with Crippen LogP contribution < -0.4 is 5.73 Å². The van der Waals surface area contributed by atoms with Crippen molar-refractivity contribution < 1.29 is 4.74 Å². The van der Waals surface area contributed by atoms with E-state index >= 15 is 0 Å². The summed E-state index contributed by atoms with van der Waals surface area (Å²) < 4.78 is 7.06. The summed E-state index contributed by atoms with van der Waals surface area (Å²) in [6.45, 7) is 3.58. The van der Waals surface area contributed by atoms with Gasteiger partial charge < -0.3 is 10.5 Å². The van der Waals surface area contributed by atoms with Gasteiger partial charge in [0.05, 0.1) is 17.9 Å². The number of hydrogen-bond acceptors (Lipinski definition) is 4. The zero-order valence-corrected chi connectivity index (χ0v) is 8.81. The van der Waals surface area contributed by atoms with Crippen molar-refractivity contribution in [3.05, 3.63) is 11.9 Å². The average Bonchev–Trinajstić information content (AvgIpc) is 2.59. The van der Waals surface area contributed by atoms with Crippen molar-refractivity contribution in [1.29, 1.82) is 0 Å². The third kappa shape index (κ3) is 3.08. The molecule has 0 aromatic carbocycles. The minimum Gasteiger partial charge on any atom is -0.381 e. The summed E-state index contributed by atoms with van der Waals surface area (Å²) in [5.41, 5.74) is 6.89. The molecular weight excluding hydrogens is 180 g/mol. The van der Waals surface area contributed by atoms with Gasteiger partial charge >= 0.3 is 0 Å². The molecule has 1 heterocycles. The number of rotatable bonds is 6. The third-order valence-corrected chi connectivity index (χ3v) is 2.05. The highest BCUT2D eigenvalue weighted by Gasteiger charge is 2.09. The van der Waals surface area contributed by atoms with Gasteiger partial charge in [-0.25, -0.2) is 0 Å². The summed E-state index contributed by atoms with van der Waals surface area (Å²) in [5, 5.41) is 7.61. The molecule has 14 heavy (non-hydrogen) atoms. The van der Waals surface area contributed by atoms with E-state index in [0.29, 0.717) is 6.61 Å². The van der Waals surface area contributed by atoms with Crippen LogP contribution in [-0.4, -0.2) is 28.2 Å². The topological polar surface area (TPSA) is 66.0 Å². The Balaban J connectivity index is 2.28. The fraction of sp³-hybridized carbons (Fsp3) is 0.778. The van der Waals surface area contributed by atoms with Crippen molar-refractivity contribution in [1.82, 2.24) is 15.0 Å². The van der Waals surface area contributed by atoms with E-state index in [2.05, 4.69) is 17.2 Å². The molecule has 80 valence electrons. The monoisotopic (exact) mass is 198 g/mol. The first-order valence-corrected chi connectivity index (χ1v) is 4.93. The molecule has 0 radical (unpaired) electrons. The predicted molar refractivity (Wildman–Crippen MR) is 53.7 cm³/mol. The van der Waals surface area contributed by atoms with Crippen LogP contribution in [0.2, 0.25) is 0 Å². The molecule has 0 saturated carbocycles. The lowest BCUT2D eigenvalue weighted by atomic mass is 10.2. The van der Waals surface area contributed by atoms with Crippen LogP contribution in [-0.2, 0) is 11.8 Å². The van der Waals surface area contributed by atoms with Gasteiger partial charge in [0.2, 0.25) is 0 Å². The Bertz CT molecular complexity index is 261. The summed E-state index contributed by atoms with van der Waals surface area (Å²) in [6, 6.07) is -0.0353. The Morgan fingerprint density at radius 2 is 2.36 bits per heavy atom. The van der Waals surface area contributed by atoms with E-state index in [0.717, 1.165) is 25.1 Å². The molecule has 0 saturated heterocycles. The molecule has 0 bridgehead atoms. The third-order valence-electron chi connectivity index (χ3n) is 2.05. The van der Waals surface area contributed by atoms with Crippen LogP contribution in [0.1, 0.15) is 31.5 Å². The lowest BCUT2D eigenvalue weighted by Crippen LogP contribution is -2.16. The molecule has 0 aliphatic heterocycles. The molecule has 1 atom stereocenters. The van der Waals surface area contributed by atoms with Crippen molar-refractivity contribution in [2.24, 2.45) is 12.8 Å². The highest BCUT2D eigenvalue weighted by atomic mass is 16.5. The van der Waals surface area contributed by atoms with Gasteiger partial charge in [0, 0.05) is 20.3 Å². The second-order valence-electron chi connectivity index (χ2n) is 3.29. The van der Waals surface area contributed by atoms with Gasteiger partial charge in [0.1, 0.15) is 0 Å². The predicted octanol–water partition coefficient (Wildman–Crippen LogP) is 0.632. The summed E-state index contributed by atoms with van der Waals surface area (Å²) in [4.78, 5) is 0. The molecule has 0 spiro atoms. The van der Waals surface area contributed by atoms with E-state index < -0.39 is 0 Å². The Morgan fingerprint density at radius 3 is 2.93 bits per heavy atom. The molecule has 1 unspecified atom stereocenters. The van der Waals surface area contributed by atoms with Crippen molar-refractivity contribution >= 4 is 0 Å². The second kappa shape index (κ2) is 5.72. The van der Waals surface area contributed by atoms with Gasteiger partial charge in [-0.3, -0.25) is 4.68 Å². The lowest BCUT2D eigenvalue weighted by molar-refractivity contribution is 0.127. The van der Waals surface area contributed by atoms with Crippen LogP contribution in [0.5, 0.6) is 0 Å². The van der Waals surface area contributed by atoms with Crippen molar-refractivity contribution in [2.75, 3.05) is 13.2 Å². The first-order valence-electron chi connectivity index (χ1n) is 4.93. The maximum atomic E-state index is 5.94. The standard InChI is InChI=1S/C9H18N4O/c1-3-5-14-6-4-8(10)9-7-11-12-13(9)2/h7-8H,3-6,10H2,1-2H3. The van der Waals surface area contributed by atoms with E-state index in [1.54, 1.807) is 10.9 Å². The van der Waals surface area contributed by atoms with E-state index in [9.17, 15) is 0 Å². The van der Waals surface area contributed by atoms with Crippen LogP contribution in [0.3, 0.4) is 0 Å². The van der Waals surface area contributed by atoms with E-state index in [-0.39, 0.29) is 6.04 Å². The summed E-state index contributed by atoms with van der Waals surface area (Å²) in [6.07, 6.45) is 3.55. The molecule has 2 N–H and O–H groups in total. The molecule has 5 nitrogen and oxygen atoms in total. The number of aryl methyl sites for hydroxylation is 1. The SMILES string of the molecule is CCCOCCC(N)c1cnnn1C. The molecule has 1 aromatic heterocycles. The van der Waals surface area contributed by atoms with Crippen molar-refractivity contribution in [3.8, 4) is 0 Å². The Kier molecular flexibility index (Phi) is 4.55. The van der Waals surface area contributed by atoms with Crippen LogP contribution >= 0.6 is 0 Å². The highest BCUT2D eigenvalue weighted by Crippen LogP contribution is 2.10. The smallest absolute Gasteiger partial charge is 0.0751 e. The molecule has 0 aliphatic rings. The zero-order valence-electron chi connectivity index (χ0n) is 8.81. The summed E-state index contributed by atoms with van der Waals surface area (Å²) >= 11 is 0.